The van der Waals surface area contributed by atoms with Gasteiger partial charge in [-0.05, 0) is 24.3 Å². The van der Waals surface area contributed by atoms with E-state index in [0.717, 1.165) is 26.6 Å². The molecule has 114 valence electrons. The number of hydrogen-bond acceptors (Lipinski definition) is 3. The molecule has 0 saturated carbocycles. The number of fused-ring (bicyclic) bond motifs is 1. The molecule has 0 unspecified atom stereocenters. The predicted molar refractivity (Wildman–Crippen MR) is 95.4 cm³/mol. The van der Waals surface area contributed by atoms with Gasteiger partial charge in [0.1, 0.15) is 0 Å². The normalized spacial score (nSPS) is 10.3. The van der Waals surface area contributed by atoms with Gasteiger partial charge in [-0.25, -0.2) is 4.98 Å². The Labute approximate surface area is 141 Å². The molecule has 0 radical (unpaired) electrons. The number of rotatable bonds is 3. The highest BCUT2D eigenvalue weighted by Crippen LogP contribution is 2.30. The Morgan fingerprint density at radius 3 is 2.65 bits per heavy atom. The fraction of sp³-hybridized carbons (Fsp3) is 0. The van der Waals surface area contributed by atoms with Crippen LogP contribution in [0.3, 0.4) is 0 Å². The molecule has 2 aromatic carbocycles. The third-order valence-electron chi connectivity index (χ3n) is 3.30. The molecule has 0 spiro atoms. The number of aromatic nitrogens is 1. The second-order valence-electron chi connectivity index (χ2n) is 4.84. The predicted octanol–water partition coefficient (Wildman–Crippen LogP) is 3.76. The SMILES string of the molecule is N=C(NC=O)Nc1cc(-c2ccccc2)nc2cc(Br)ccc12. The van der Waals surface area contributed by atoms with E-state index in [-0.39, 0.29) is 5.96 Å². The van der Waals surface area contributed by atoms with Crippen LogP contribution in [0.25, 0.3) is 22.2 Å². The van der Waals surface area contributed by atoms with E-state index in [4.69, 9.17) is 5.41 Å². The van der Waals surface area contributed by atoms with Crippen LogP contribution >= 0.6 is 15.9 Å². The first-order chi connectivity index (χ1) is 11.2. The van der Waals surface area contributed by atoms with Crippen LogP contribution in [0.2, 0.25) is 0 Å². The number of guanidine groups is 1. The van der Waals surface area contributed by atoms with Crippen molar-refractivity contribution in [1.82, 2.24) is 10.3 Å². The number of carbonyl (C=O) groups is 1. The highest BCUT2D eigenvalue weighted by Gasteiger charge is 2.09. The van der Waals surface area contributed by atoms with Gasteiger partial charge in [-0.1, -0.05) is 46.3 Å². The van der Waals surface area contributed by atoms with Crippen molar-refractivity contribution in [2.45, 2.75) is 0 Å². The number of nitrogens with one attached hydrogen (secondary N) is 3. The van der Waals surface area contributed by atoms with Gasteiger partial charge in [0.25, 0.3) is 0 Å². The molecular weight excluding hydrogens is 356 g/mol. The largest absolute Gasteiger partial charge is 0.325 e. The van der Waals surface area contributed by atoms with Crippen LogP contribution in [-0.4, -0.2) is 17.4 Å². The number of benzene rings is 2. The third kappa shape index (κ3) is 3.37. The van der Waals surface area contributed by atoms with E-state index in [9.17, 15) is 4.79 Å². The highest BCUT2D eigenvalue weighted by molar-refractivity contribution is 9.10. The van der Waals surface area contributed by atoms with Crippen molar-refractivity contribution in [2.75, 3.05) is 5.32 Å². The lowest BCUT2D eigenvalue weighted by Crippen LogP contribution is -2.28. The summed E-state index contributed by atoms with van der Waals surface area (Å²) in [5.74, 6) is -0.0885. The molecule has 6 heteroatoms. The highest BCUT2D eigenvalue weighted by atomic mass is 79.9. The van der Waals surface area contributed by atoms with Gasteiger partial charge < -0.3 is 5.32 Å². The van der Waals surface area contributed by atoms with Crippen molar-refractivity contribution < 1.29 is 4.79 Å². The van der Waals surface area contributed by atoms with E-state index in [2.05, 4.69) is 31.5 Å². The summed E-state index contributed by atoms with van der Waals surface area (Å²) in [5, 5.41) is 13.8. The second kappa shape index (κ2) is 6.58. The van der Waals surface area contributed by atoms with Gasteiger partial charge in [0, 0.05) is 15.4 Å². The number of anilines is 1. The molecule has 0 aliphatic carbocycles. The van der Waals surface area contributed by atoms with E-state index in [1.54, 1.807) is 0 Å². The molecule has 3 rings (SSSR count). The Balaban J connectivity index is 2.15. The number of carbonyl (C=O) groups excluding carboxylic acids is 1. The second-order valence-corrected chi connectivity index (χ2v) is 5.76. The van der Waals surface area contributed by atoms with E-state index in [1.807, 2.05) is 54.6 Å². The van der Waals surface area contributed by atoms with Crippen LogP contribution < -0.4 is 10.6 Å². The molecule has 5 nitrogen and oxygen atoms in total. The summed E-state index contributed by atoms with van der Waals surface area (Å²) in [6, 6.07) is 17.4. The van der Waals surface area contributed by atoms with Crippen LogP contribution in [0.4, 0.5) is 5.69 Å². The number of halogens is 1. The molecule has 0 aliphatic heterocycles. The fourth-order valence-corrected chi connectivity index (χ4v) is 2.64. The molecule has 3 N–H and O–H groups in total. The molecule has 1 aromatic heterocycles. The standard InChI is InChI=1S/C17H13BrN4O/c18-12-6-7-13-15(8-12)21-14(11-4-2-1-3-5-11)9-16(13)22-17(19)20-10-23/h1-10H,(H3,19,20,21,22,23). The molecule has 3 aromatic rings. The quantitative estimate of drug-likeness (QED) is 0.374. The zero-order valence-electron chi connectivity index (χ0n) is 12.0. The van der Waals surface area contributed by atoms with Crippen molar-refractivity contribution in [1.29, 1.82) is 5.41 Å². The smallest absolute Gasteiger partial charge is 0.213 e. The first-order valence-electron chi connectivity index (χ1n) is 6.89. The van der Waals surface area contributed by atoms with E-state index in [1.165, 1.54) is 0 Å². The summed E-state index contributed by atoms with van der Waals surface area (Å²) in [7, 11) is 0. The average molecular weight is 369 g/mol. The Kier molecular flexibility index (Phi) is 4.34. The lowest BCUT2D eigenvalue weighted by molar-refractivity contribution is -0.108. The van der Waals surface area contributed by atoms with Crippen LogP contribution in [0.15, 0.2) is 59.1 Å². The lowest BCUT2D eigenvalue weighted by atomic mass is 10.1. The number of nitrogens with zero attached hydrogens (tertiary/aromatic N) is 1. The first kappa shape index (κ1) is 15.2. The van der Waals surface area contributed by atoms with Gasteiger partial charge in [0.15, 0.2) is 5.96 Å². The van der Waals surface area contributed by atoms with Crippen molar-refractivity contribution in [2.24, 2.45) is 0 Å². The summed E-state index contributed by atoms with van der Waals surface area (Å²) >= 11 is 3.45. The fourth-order valence-electron chi connectivity index (χ4n) is 2.29. The molecule has 1 heterocycles. The molecule has 23 heavy (non-hydrogen) atoms. The van der Waals surface area contributed by atoms with Gasteiger partial charge in [-0.3, -0.25) is 15.5 Å². The Hall–Kier alpha value is -2.73. The molecule has 0 fully saturated rings. The molecule has 0 aliphatic rings. The maximum absolute atomic E-state index is 10.5. The van der Waals surface area contributed by atoms with Crippen LogP contribution in [-0.2, 0) is 4.79 Å². The number of pyridine rings is 1. The molecule has 0 bridgehead atoms. The van der Waals surface area contributed by atoms with Crippen LogP contribution in [0.1, 0.15) is 0 Å². The summed E-state index contributed by atoms with van der Waals surface area (Å²) < 4.78 is 0.926. The molecule has 0 atom stereocenters. The zero-order chi connectivity index (χ0) is 16.2. The zero-order valence-corrected chi connectivity index (χ0v) is 13.6. The van der Waals surface area contributed by atoms with Crippen molar-refractivity contribution >= 4 is 44.9 Å². The minimum atomic E-state index is -0.0885. The Morgan fingerprint density at radius 2 is 1.91 bits per heavy atom. The summed E-state index contributed by atoms with van der Waals surface area (Å²) in [6.45, 7) is 0. The van der Waals surface area contributed by atoms with Crippen molar-refractivity contribution in [3.8, 4) is 11.3 Å². The van der Waals surface area contributed by atoms with Crippen molar-refractivity contribution in [3.63, 3.8) is 0 Å². The minimum Gasteiger partial charge on any atom is -0.325 e. The van der Waals surface area contributed by atoms with Gasteiger partial charge in [0.2, 0.25) is 6.41 Å². The molecular formula is C17H13BrN4O. The topological polar surface area (TPSA) is 77.9 Å². The van der Waals surface area contributed by atoms with Gasteiger partial charge in [-0.15, -0.1) is 0 Å². The van der Waals surface area contributed by atoms with Gasteiger partial charge in [-0.2, -0.15) is 0 Å². The maximum atomic E-state index is 10.5. The molecule has 1 amide bonds. The van der Waals surface area contributed by atoms with Crippen LogP contribution in [0.5, 0.6) is 0 Å². The van der Waals surface area contributed by atoms with E-state index >= 15 is 0 Å². The van der Waals surface area contributed by atoms with Crippen LogP contribution in [0, 0.1) is 5.41 Å². The number of amides is 1. The minimum absolute atomic E-state index is 0.0885. The summed E-state index contributed by atoms with van der Waals surface area (Å²) in [4.78, 5) is 15.2. The third-order valence-corrected chi connectivity index (χ3v) is 3.80. The lowest BCUT2D eigenvalue weighted by Gasteiger charge is -2.12. The van der Waals surface area contributed by atoms with Crippen molar-refractivity contribution in [3.05, 3.63) is 59.1 Å². The summed E-state index contributed by atoms with van der Waals surface area (Å²) in [6.07, 6.45) is 0.466. The Bertz CT molecular complexity index is 880. The maximum Gasteiger partial charge on any atom is 0.213 e. The monoisotopic (exact) mass is 368 g/mol. The molecule has 0 saturated heterocycles. The van der Waals surface area contributed by atoms with E-state index in [0.29, 0.717) is 12.1 Å². The summed E-state index contributed by atoms with van der Waals surface area (Å²) in [5.41, 5.74) is 3.27. The van der Waals surface area contributed by atoms with E-state index < -0.39 is 0 Å². The van der Waals surface area contributed by atoms with Gasteiger partial charge >= 0.3 is 0 Å². The average Bonchev–Trinajstić information content (AvgIpc) is 2.55. The Morgan fingerprint density at radius 1 is 1.13 bits per heavy atom. The number of hydrogen-bond donors (Lipinski definition) is 3. The van der Waals surface area contributed by atoms with Gasteiger partial charge in [0.05, 0.1) is 16.9 Å². The first-order valence-corrected chi connectivity index (χ1v) is 7.68.